The molecule has 0 aromatic heterocycles. The number of amides is 1. The summed E-state index contributed by atoms with van der Waals surface area (Å²) in [6.45, 7) is 0. The van der Waals surface area contributed by atoms with Crippen LogP contribution in [0.25, 0.3) is 0 Å². The summed E-state index contributed by atoms with van der Waals surface area (Å²) in [5.74, 6) is -0.414. The fourth-order valence-electron chi connectivity index (χ4n) is 1.64. The Labute approximate surface area is 164 Å². The number of halogens is 4. The number of aromatic hydroxyl groups is 1. The van der Waals surface area contributed by atoms with Crippen molar-refractivity contribution in [1.82, 2.24) is 5.32 Å². The maximum atomic E-state index is 12.2. The van der Waals surface area contributed by atoms with Crippen molar-refractivity contribution in [3.8, 4) is 5.75 Å². The second-order valence-electron chi connectivity index (χ2n) is 4.32. The van der Waals surface area contributed by atoms with Crippen LogP contribution in [0.15, 0.2) is 39.3 Å². The summed E-state index contributed by atoms with van der Waals surface area (Å²) >= 11 is 23.3. The quantitative estimate of drug-likeness (QED) is 0.386. The predicted octanol–water partition coefficient (Wildman–Crippen LogP) is 5.35. The number of carbonyl (C=O) groups is 1. The molecule has 0 bridgehead atoms. The van der Waals surface area contributed by atoms with E-state index in [-0.39, 0.29) is 21.4 Å². The van der Waals surface area contributed by atoms with Crippen LogP contribution in [0.4, 0.5) is 5.69 Å². The van der Waals surface area contributed by atoms with Crippen molar-refractivity contribution in [2.24, 2.45) is 0 Å². The van der Waals surface area contributed by atoms with E-state index in [0.29, 0.717) is 19.7 Å². The fraction of sp³-hybridized carbons (Fsp3) is 0. The van der Waals surface area contributed by atoms with Crippen LogP contribution in [0.5, 0.6) is 5.75 Å². The van der Waals surface area contributed by atoms with Gasteiger partial charge in [0, 0.05) is 10.7 Å². The zero-order valence-corrected chi connectivity index (χ0v) is 16.7. The first-order valence-corrected chi connectivity index (χ1v) is 8.78. The summed E-state index contributed by atoms with van der Waals surface area (Å²) in [5.41, 5.74) is 0.792. The van der Waals surface area contributed by atoms with E-state index in [1.54, 1.807) is 18.2 Å². The van der Waals surface area contributed by atoms with Crippen molar-refractivity contribution in [3.05, 3.63) is 54.9 Å². The van der Waals surface area contributed by atoms with E-state index in [4.69, 9.17) is 35.4 Å². The van der Waals surface area contributed by atoms with Gasteiger partial charge in [-0.05, 0) is 74.4 Å². The third kappa shape index (κ3) is 4.81. The van der Waals surface area contributed by atoms with Gasteiger partial charge in [-0.25, -0.2) is 0 Å². The molecule has 9 heteroatoms. The summed E-state index contributed by atoms with van der Waals surface area (Å²) in [4.78, 5) is 12.2. The van der Waals surface area contributed by atoms with E-state index in [1.807, 2.05) is 0 Å². The lowest BCUT2D eigenvalue weighted by Crippen LogP contribution is -2.34. The minimum Gasteiger partial charge on any atom is -0.506 e. The lowest BCUT2D eigenvalue weighted by Gasteiger charge is -2.12. The Morgan fingerprint density at radius 1 is 1.13 bits per heavy atom. The van der Waals surface area contributed by atoms with Crippen LogP contribution in [-0.2, 0) is 0 Å². The third-order valence-corrected chi connectivity index (χ3v) is 4.65. The van der Waals surface area contributed by atoms with Crippen LogP contribution in [-0.4, -0.2) is 16.1 Å². The van der Waals surface area contributed by atoms with Gasteiger partial charge in [0.15, 0.2) is 5.11 Å². The highest BCUT2D eigenvalue weighted by Gasteiger charge is 2.13. The van der Waals surface area contributed by atoms with Gasteiger partial charge < -0.3 is 10.4 Å². The van der Waals surface area contributed by atoms with Gasteiger partial charge in [0.25, 0.3) is 5.91 Å². The summed E-state index contributed by atoms with van der Waals surface area (Å²) < 4.78 is 0.947. The second kappa shape index (κ2) is 7.81. The molecular formula is C14H8Br2Cl2N2O2S. The van der Waals surface area contributed by atoms with Gasteiger partial charge >= 0.3 is 0 Å². The molecule has 0 saturated heterocycles. The topological polar surface area (TPSA) is 61.4 Å². The molecule has 0 aliphatic carbocycles. The molecule has 4 nitrogen and oxygen atoms in total. The molecule has 3 N–H and O–H groups in total. The number of carbonyl (C=O) groups excluding carboxylic acids is 1. The maximum absolute atomic E-state index is 12.2. The van der Waals surface area contributed by atoms with Gasteiger partial charge in [-0.3, -0.25) is 10.1 Å². The van der Waals surface area contributed by atoms with Crippen LogP contribution in [0.1, 0.15) is 10.4 Å². The average Bonchev–Trinajstić information content (AvgIpc) is 2.46. The molecule has 0 aliphatic heterocycles. The van der Waals surface area contributed by atoms with Gasteiger partial charge in [-0.15, -0.1) is 0 Å². The van der Waals surface area contributed by atoms with E-state index in [9.17, 15) is 9.90 Å². The zero-order chi connectivity index (χ0) is 17.1. The normalized spacial score (nSPS) is 10.3. The van der Waals surface area contributed by atoms with Gasteiger partial charge in [0.05, 0.1) is 19.5 Å². The van der Waals surface area contributed by atoms with Gasteiger partial charge in [-0.2, -0.15) is 0 Å². The van der Waals surface area contributed by atoms with Crippen molar-refractivity contribution < 1.29 is 9.90 Å². The summed E-state index contributed by atoms with van der Waals surface area (Å²) in [6.07, 6.45) is 0. The summed E-state index contributed by atoms with van der Waals surface area (Å²) in [7, 11) is 0. The highest BCUT2D eigenvalue weighted by atomic mass is 79.9. The smallest absolute Gasteiger partial charge is 0.258 e. The molecule has 120 valence electrons. The van der Waals surface area contributed by atoms with E-state index < -0.39 is 5.91 Å². The minimum absolute atomic E-state index is 0.0659. The highest BCUT2D eigenvalue weighted by Crippen LogP contribution is 2.35. The Balaban J connectivity index is 2.10. The Morgan fingerprint density at radius 3 is 2.35 bits per heavy atom. The number of phenols is 1. The maximum Gasteiger partial charge on any atom is 0.258 e. The van der Waals surface area contributed by atoms with Crippen molar-refractivity contribution >= 4 is 84.0 Å². The van der Waals surface area contributed by atoms with Crippen LogP contribution in [0, 0.1) is 0 Å². The molecule has 0 radical (unpaired) electrons. The number of nitrogens with one attached hydrogen (secondary N) is 2. The largest absolute Gasteiger partial charge is 0.506 e. The van der Waals surface area contributed by atoms with E-state index in [0.717, 1.165) is 0 Å². The molecule has 0 heterocycles. The van der Waals surface area contributed by atoms with E-state index in [1.165, 1.54) is 12.1 Å². The molecule has 0 spiro atoms. The van der Waals surface area contributed by atoms with Crippen molar-refractivity contribution in [1.29, 1.82) is 0 Å². The first-order valence-electron chi connectivity index (χ1n) is 6.03. The fourth-order valence-corrected chi connectivity index (χ4v) is 3.41. The van der Waals surface area contributed by atoms with Gasteiger partial charge in [0.2, 0.25) is 0 Å². The SMILES string of the molecule is O=C(NC(=S)Nc1cc(Br)c(O)c(Br)c1)c1cc(Cl)ccc1Cl. The molecule has 2 aromatic carbocycles. The van der Waals surface area contributed by atoms with Crippen LogP contribution >= 0.6 is 67.3 Å². The number of hydrogen-bond donors (Lipinski definition) is 3. The van der Waals surface area contributed by atoms with Crippen LogP contribution < -0.4 is 10.6 Å². The predicted molar refractivity (Wildman–Crippen MR) is 104 cm³/mol. The van der Waals surface area contributed by atoms with Crippen LogP contribution in [0.3, 0.4) is 0 Å². The Bertz CT molecular complexity index is 779. The Hall–Kier alpha value is -0.860. The van der Waals surface area contributed by atoms with Crippen molar-refractivity contribution in [3.63, 3.8) is 0 Å². The summed E-state index contributed by atoms with van der Waals surface area (Å²) in [5, 5.41) is 15.8. The number of hydrogen-bond acceptors (Lipinski definition) is 3. The Kier molecular flexibility index (Phi) is 6.27. The molecule has 1 amide bonds. The monoisotopic (exact) mass is 496 g/mol. The van der Waals surface area contributed by atoms with Crippen LogP contribution in [0.2, 0.25) is 10.0 Å². The number of phenolic OH excluding ortho intramolecular Hbond substituents is 1. The molecule has 0 saturated carbocycles. The molecule has 0 atom stereocenters. The zero-order valence-electron chi connectivity index (χ0n) is 11.2. The van der Waals surface area contributed by atoms with E-state index >= 15 is 0 Å². The van der Waals surface area contributed by atoms with Crippen molar-refractivity contribution in [2.45, 2.75) is 0 Å². The molecule has 23 heavy (non-hydrogen) atoms. The second-order valence-corrected chi connectivity index (χ2v) is 7.28. The number of anilines is 1. The third-order valence-electron chi connectivity index (χ3n) is 2.67. The lowest BCUT2D eigenvalue weighted by molar-refractivity contribution is 0.0978. The van der Waals surface area contributed by atoms with Gasteiger partial charge in [-0.1, -0.05) is 23.2 Å². The lowest BCUT2D eigenvalue weighted by atomic mass is 10.2. The molecular weight excluding hydrogens is 491 g/mol. The molecule has 0 unspecified atom stereocenters. The molecule has 2 rings (SSSR count). The van der Waals surface area contributed by atoms with Crippen molar-refractivity contribution in [2.75, 3.05) is 5.32 Å². The number of thiocarbonyl (C=S) groups is 1. The van der Waals surface area contributed by atoms with Gasteiger partial charge in [0.1, 0.15) is 5.75 Å². The van der Waals surface area contributed by atoms with E-state index in [2.05, 4.69) is 42.5 Å². The number of rotatable bonds is 2. The molecule has 0 aliphatic rings. The molecule has 2 aromatic rings. The standard InChI is InChI=1S/C14H8Br2Cl2N2O2S/c15-9-4-7(5-10(16)12(9)21)19-14(23)20-13(22)8-3-6(17)1-2-11(8)18/h1-5,21H,(H2,19,20,22,23). The number of benzene rings is 2. The highest BCUT2D eigenvalue weighted by molar-refractivity contribution is 9.11. The average molecular weight is 499 g/mol. The Morgan fingerprint density at radius 2 is 1.74 bits per heavy atom. The summed E-state index contributed by atoms with van der Waals surface area (Å²) in [6, 6.07) is 7.80. The first-order chi connectivity index (χ1) is 10.8. The molecule has 0 fully saturated rings. The minimum atomic E-state index is -0.480. The first kappa shape index (κ1) is 18.5.